The van der Waals surface area contributed by atoms with Crippen LogP contribution >= 0.6 is 0 Å². The molecule has 2 aromatic heterocycles. The summed E-state index contributed by atoms with van der Waals surface area (Å²) in [5.41, 5.74) is -1.33. The molecule has 0 saturated carbocycles. The van der Waals surface area contributed by atoms with Crippen LogP contribution in [0.15, 0.2) is 35.5 Å². The zero-order valence-electron chi connectivity index (χ0n) is 17.2. The molecule has 0 fully saturated rings. The Morgan fingerprint density at radius 2 is 1.94 bits per heavy atom. The summed E-state index contributed by atoms with van der Waals surface area (Å²) in [6.07, 6.45) is 2.14. The number of hydrogen-bond acceptors (Lipinski definition) is 7. The van der Waals surface area contributed by atoms with E-state index >= 15 is 0 Å². The van der Waals surface area contributed by atoms with Crippen LogP contribution in [-0.4, -0.2) is 41.1 Å². The van der Waals surface area contributed by atoms with Gasteiger partial charge in [-0.15, -0.1) is 0 Å². The maximum Gasteiger partial charge on any atom is 0.343 e. The molecule has 12 heteroatoms. The average Bonchev–Trinajstić information content (AvgIpc) is 3.08. The molecule has 0 aliphatic heterocycles. The number of sulfonamides is 1. The van der Waals surface area contributed by atoms with Crippen molar-refractivity contribution in [3.05, 3.63) is 47.8 Å². The van der Waals surface area contributed by atoms with Gasteiger partial charge >= 0.3 is 5.97 Å². The molecule has 1 aromatic carbocycles. The quantitative estimate of drug-likeness (QED) is 0.552. The van der Waals surface area contributed by atoms with Crippen LogP contribution in [0.5, 0.6) is 0 Å². The number of carbonyl (C=O) groups is 1. The van der Waals surface area contributed by atoms with Gasteiger partial charge in [-0.1, -0.05) is 0 Å². The van der Waals surface area contributed by atoms with Crippen LogP contribution in [0.4, 0.5) is 20.3 Å². The Hall–Kier alpha value is -3.12. The van der Waals surface area contributed by atoms with Gasteiger partial charge < -0.3 is 10.1 Å². The number of ether oxygens (including phenoxy) is 1. The molecular weight excluding hydrogens is 432 g/mol. The van der Waals surface area contributed by atoms with Crippen molar-refractivity contribution >= 4 is 33.1 Å². The minimum Gasteiger partial charge on any atom is -0.462 e. The number of nitrogens with zero attached hydrogens (tertiary/aromatic N) is 3. The second kappa shape index (κ2) is 8.19. The van der Waals surface area contributed by atoms with Crippen molar-refractivity contribution in [1.82, 2.24) is 19.3 Å². The van der Waals surface area contributed by atoms with Crippen molar-refractivity contribution < 1.29 is 26.7 Å². The number of aromatic nitrogens is 3. The van der Waals surface area contributed by atoms with Crippen molar-refractivity contribution in [3.63, 3.8) is 0 Å². The number of esters is 1. The van der Waals surface area contributed by atoms with Crippen molar-refractivity contribution in [2.24, 2.45) is 0 Å². The van der Waals surface area contributed by atoms with Gasteiger partial charge in [0.2, 0.25) is 10.0 Å². The zero-order valence-corrected chi connectivity index (χ0v) is 18.0. The van der Waals surface area contributed by atoms with E-state index in [4.69, 9.17) is 4.74 Å². The van der Waals surface area contributed by atoms with Crippen molar-refractivity contribution in [1.29, 1.82) is 0 Å². The van der Waals surface area contributed by atoms with E-state index in [2.05, 4.69) is 20.1 Å². The highest BCUT2D eigenvalue weighted by molar-refractivity contribution is 7.89. The smallest absolute Gasteiger partial charge is 0.343 e. The van der Waals surface area contributed by atoms with Crippen LogP contribution in [0.25, 0.3) is 5.65 Å². The molecule has 9 nitrogen and oxygen atoms in total. The molecule has 0 saturated heterocycles. The highest BCUT2D eigenvalue weighted by atomic mass is 32.2. The molecule has 2 heterocycles. The third kappa shape index (κ3) is 4.80. The molecule has 166 valence electrons. The summed E-state index contributed by atoms with van der Waals surface area (Å²) < 4.78 is 61.9. The molecule has 0 amide bonds. The van der Waals surface area contributed by atoms with E-state index < -0.39 is 33.2 Å². The fraction of sp³-hybridized carbons (Fsp3) is 0.316. The van der Waals surface area contributed by atoms with Crippen molar-refractivity contribution in [2.75, 3.05) is 11.9 Å². The van der Waals surface area contributed by atoms with E-state index in [0.29, 0.717) is 0 Å². The fourth-order valence-electron chi connectivity index (χ4n) is 2.76. The van der Waals surface area contributed by atoms with E-state index in [1.54, 1.807) is 27.7 Å². The topological polar surface area (TPSA) is 115 Å². The number of benzene rings is 1. The lowest BCUT2D eigenvalue weighted by atomic mass is 10.1. The van der Waals surface area contributed by atoms with E-state index in [-0.39, 0.29) is 34.2 Å². The summed E-state index contributed by atoms with van der Waals surface area (Å²) >= 11 is 0. The van der Waals surface area contributed by atoms with Gasteiger partial charge in [0.05, 0.1) is 18.5 Å². The number of fused-ring (bicyclic) bond motifs is 1. The maximum absolute atomic E-state index is 14.2. The molecule has 0 spiro atoms. The van der Waals surface area contributed by atoms with Gasteiger partial charge in [-0.2, -0.15) is 9.61 Å². The molecular formula is C19H21F2N5O4S. The molecule has 0 aliphatic carbocycles. The van der Waals surface area contributed by atoms with Gasteiger partial charge in [-0.05, 0) is 39.8 Å². The Morgan fingerprint density at radius 3 is 2.58 bits per heavy atom. The van der Waals surface area contributed by atoms with Crippen molar-refractivity contribution in [3.8, 4) is 0 Å². The standard InChI is InChI=1S/C19H21F2N5O4S/c1-5-30-18(27)12-9-22-17-15(31(28,29)25-19(2,3)4)10-23-26(17)16(12)24-14-8-11(20)6-7-13(14)21/h6-10,24-25H,5H2,1-4H3. The molecule has 0 unspecified atom stereocenters. The lowest BCUT2D eigenvalue weighted by molar-refractivity contribution is 0.0526. The van der Waals surface area contributed by atoms with Crippen LogP contribution in [0, 0.1) is 11.6 Å². The zero-order chi connectivity index (χ0) is 23.0. The minimum atomic E-state index is -4.02. The number of carbonyl (C=O) groups excluding carboxylic acids is 1. The fourth-order valence-corrected chi connectivity index (χ4v) is 4.24. The molecule has 3 rings (SSSR count). The monoisotopic (exact) mass is 453 g/mol. The number of hydrogen-bond donors (Lipinski definition) is 2. The summed E-state index contributed by atoms with van der Waals surface area (Å²) in [5, 5.41) is 6.62. The third-order valence-corrected chi connectivity index (χ3v) is 5.65. The normalized spacial score (nSPS) is 12.2. The molecule has 3 aromatic rings. The molecule has 0 radical (unpaired) electrons. The minimum absolute atomic E-state index is 0.0544. The van der Waals surface area contributed by atoms with Gasteiger partial charge in [0, 0.05) is 17.8 Å². The Morgan fingerprint density at radius 1 is 1.23 bits per heavy atom. The van der Waals surface area contributed by atoms with E-state index in [9.17, 15) is 22.0 Å². The van der Waals surface area contributed by atoms with E-state index in [1.165, 1.54) is 0 Å². The van der Waals surface area contributed by atoms with E-state index in [0.717, 1.165) is 35.1 Å². The highest BCUT2D eigenvalue weighted by Gasteiger charge is 2.28. The lowest BCUT2D eigenvalue weighted by Gasteiger charge is -2.19. The number of anilines is 2. The number of rotatable bonds is 6. The summed E-state index contributed by atoms with van der Waals surface area (Å²) in [4.78, 5) is 16.2. The first-order chi connectivity index (χ1) is 14.4. The van der Waals surface area contributed by atoms with Gasteiger partial charge in [-0.3, -0.25) is 0 Å². The maximum atomic E-state index is 14.2. The van der Waals surface area contributed by atoms with Crippen LogP contribution in [-0.2, 0) is 14.8 Å². The molecule has 0 atom stereocenters. The molecule has 2 N–H and O–H groups in total. The third-order valence-electron chi connectivity index (χ3n) is 3.90. The second-order valence-electron chi connectivity index (χ2n) is 7.59. The summed E-state index contributed by atoms with van der Waals surface area (Å²) in [5.74, 6) is -2.45. The lowest BCUT2D eigenvalue weighted by Crippen LogP contribution is -2.40. The van der Waals surface area contributed by atoms with Crippen molar-refractivity contribution in [2.45, 2.75) is 38.1 Å². The van der Waals surface area contributed by atoms with Crippen LogP contribution in [0.2, 0.25) is 0 Å². The van der Waals surface area contributed by atoms with Crippen LogP contribution in [0.3, 0.4) is 0 Å². The summed E-state index contributed by atoms with van der Waals surface area (Å²) in [6.45, 7) is 6.66. The van der Waals surface area contributed by atoms with E-state index in [1.807, 2.05) is 0 Å². The Kier molecular flexibility index (Phi) is 5.96. The van der Waals surface area contributed by atoms with Gasteiger partial charge in [-0.25, -0.2) is 31.7 Å². The summed E-state index contributed by atoms with van der Waals surface area (Å²) in [6, 6.07) is 2.73. The first-order valence-electron chi connectivity index (χ1n) is 9.23. The van der Waals surface area contributed by atoms with Crippen LogP contribution < -0.4 is 10.0 Å². The van der Waals surface area contributed by atoms with Crippen LogP contribution in [0.1, 0.15) is 38.1 Å². The summed E-state index contributed by atoms with van der Waals surface area (Å²) in [7, 11) is -4.02. The number of nitrogens with one attached hydrogen (secondary N) is 2. The number of halogens is 2. The Labute approximate surface area is 177 Å². The SMILES string of the molecule is CCOC(=O)c1cnc2c(S(=O)(=O)NC(C)(C)C)cnn2c1Nc1cc(F)ccc1F. The Balaban J connectivity index is 2.21. The predicted molar refractivity (Wildman–Crippen MR) is 109 cm³/mol. The highest BCUT2D eigenvalue weighted by Crippen LogP contribution is 2.27. The first-order valence-corrected chi connectivity index (χ1v) is 10.7. The predicted octanol–water partition coefficient (Wildman–Crippen LogP) is 3.00. The second-order valence-corrected chi connectivity index (χ2v) is 9.24. The Bertz CT molecular complexity index is 1250. The van der Waals surface area contributed by atoms with Gasteiger partial charge in [0.25, 0.3) is 0 Å². The molecule has 31 heavy (non-hydrogen) atoms. The molecule has 0 bridgehead atoms. The molecule has 0 aliphatic rings. The van der Waals surface area contributed by atoms with Gasteiger partial charge in [0.1, 0.15) is 22.1 Å². The van der Waals surface area contributed by atoms with Gasteiger partial charge in [0.15, 0.2) is 11.5 Å². The average molecular weight is 453 g/mol. The largest absolute Gasteiger partial charge is 0.462 e. The first kappa shape index (κ1) is 22.6.